The average Bonchev–Trinajstić information content (AvgIpc) is 3.04. The second-order valence-corrected chi connectivity index (χ2v) is 9.53. The molecule has 2 aliphatic rings. The maximum absolute atomic E-state index is 11.2. The zero-order valence-electron chi connectivity index (χ0n) is 19.8. The summed E-state index contributed by atoms with van der Waals surface area (Å²) in [5.41, 5.74) is 4.25. The molecule has 180 valence electrons. The zero-order valence-corrected chi connectivity index (χ0v) is 20.6. The Morgan fingerprint density at radius 3 is 2.69 bits per heavy atom. The molecule has 0 saturated carbocycles. The normalized spacial score (nSPS) is 17.7. The van der Waals surface area contributed by atoms with Crippen molar-refractivity contribution in [3.8, 4) is 17.4 Å². The lowest BCUT2D eigenvalue weighted by molar-refractivity contribution is -0.0188. The molecule has 0 atom stereocenters. The number of benzene rings is 2. The highest BCUT2D eigenvalue weighted by molar-refractivity contribution is 6.30. The van der Waals surface area contributed by atoms with Gasteiger partial charge >= 0.3 is 0 Å². The third-order valence-corrected chi connectivity index (χ3v) is 7.26. The van der Waals surface area contributed by atoms with Crippen LogP contribution in [0.3, 0.4) is 0 Å². The van der Waals surface area contributed by atoms with E-state index in [1.54, 1.807) is 13.3 Å². The van der Waals surface area contributed by atoms with Crippen molar-refractivity contribution in [2.45, 2.75) is 31.3 Å². The smallest absolute Gasteiger partial charge is 0.226 e. The fourth-order valence-electron chi connectivity index (χ4n) is 4.91. The molecule has 2 aromatic carbocycles. The molecule has 1 aromatic heterocycles. The third kappa shape index (κ3) is 4.79. The van der Waals surface area contributed by atoms with Crippen molar-refractivity contribution in [1.29, 1.82) is 0 Å². The quantitative estimate of drug-likeness (QED) is 0.452. The van der Waals surface area contributed by atoms with Crippen LogP contribution in [0.25, 0.3) is 5.57 Å². The number of piperidine rings is 1. The van der Waals surface area contributed by atoms with E-state index in [1.165, 1.54) is 0 Å². The number of likely N-dealkylation sites (tertiary alicyclic amines) is 1. The highest BCUT2D eigenvalue weighted by Gasteiger charge is 2.34. The van der Waals surface area contributed by atoms with Gasteiger partial charge in [-0.05, 0) is 60.4 Å². The van der Waals surface area contributed by atoms with Gasteiger partial charge in [-0.15, -0.1) is 0 Å². The third-order valence-electron chi connectivity index (χ3n) is 7.00. The molecule has 0 amide bonds. The predicted molar refractivity (Wildman–Crippen MR) is 139 cm³/mol. The summed E-state index contributed by atoms with van der Waals surface area (Å²) in [7, 11) is 1.68. The molecular weight excluding hydrogens is 460 g/mol. The summed E-state index contributed by atoms with van der Waals surface area (Å²) in [4.78, 5) is 6.75. The number of methoxy groups -OCH3 is 1. The van der Waals surface area contributed by atoms with Crippen molar-refractivity contribution in [2.75, 3.05) is 20.2 Å². The van der Waals surface area contributed by atoms with Crippen molar-refractivity contribution >= 4 is 17.2 Å². The molecule has 1 fully saturated rings. The first-order valence-corrected chi connectivity index (χ1v) is 12.2. The number of aromatic nitrogens is 1. The lowest BCUT2D eigenvalue weighted by Gasteiger charge is -2.40. The van der Waals surface area contributed by atoms with Crippen LogP contribution in [0.15, 0.2) is 79.1 Å². The number of hydrogen-bond donors (Lipinski definition) is 1. The molecular formula is C29H29ClN2O3. The van der Waals surface area contributed by atoms with Crippen molar-refractivity contribution < 1.29 is 14.6 Å². The number of allylic oxidation sites excluding steroid dienone is 2. The fourth-order valence-corrected chi connectivity index (χ4v) is 5.03. The summed E-state index contributed by atoms with van der Waals surface area (Å²) in [5, 5.41) is 11.9. The monoisotopic (exact) mass is 488 g/mol. The van der Waals surface area contributed by atoms with Crippen molar-refractivity contribution in [3.05, 3.63) is 101 Å². The van der Waals surface area contributed by atoms with Crippen molar-refractivity contribution in [2.24, 2.45) is 0 Å². The van der Waals surface area contributed by atoms with E-state index in [9.17, 15) is 5.11 Å². The highest BCUT2D eigenvalue weighted by atomic mass is 35.5. The first kappa shape index (κ1) is 23.5. The summed E-state index contributed by atoms with van der Waals surface area (Å²) < 4.78 is 11.8. The van der Waals surface area contributed by atoms with E-state index in [1.807, 2.05) is 54.6 Å². The Labute approximate surface area is 211 Å². The van der Waals surface area contributed by atoms with Gasteiger partial charge in [0, 0.05) is 54.0 Å². The standard InChI is InChI=1S/C29H29ClN2O3/c1-20(32-17-14-29(33,15-18-32)22-10-12-23(30)13-11-22)8-9-21-19-25-26(34-2)6-3-7-27(25)35-28-24(21)5-4-16-31-28/h3-7,9-13,16,33H,1,8,14-15,17-19H2,2H3. The maximum atomic E-state index is 11.2. The molecule has 0 unspecified atom stereocenters. The van der Waals surface area contributed by atoms with E-state index >= 15 is 0 Å². The van der Waals surface area contributed by atoms with E-state index in [4.69, 9.17) is 21.1 Å². The van der Waals surface area contributed by atoms with Crippen LogP contribution in [0.4, 0.5) is 0 Å². The van der Waals surface area contributed by atoms with Gasteiger partial charge in [-0.25, -0.2) is 4.98 Å². The van der Waals surface area contributed by atoms with E-state index in [0.717, 1.165) is 52.5 Å². The number of ether oxygens (including phenoxy) is 2. The van der Waals surface area contributed by atoms with Crippen LogP contribution < -0.4 is 9.47 Å². The Morgan fingerprint density at radius 1 is 1.17 bits per heavy atom. The largest absolute Gasteiger partial charge is 0.496 e. The fraction of sp³-hybridized carbons (Fsp3) is 0.276. The van der Waals surface area contributed by atoms with E-state index in [-0.39, 0.29) is 0 Å². The van der Waals surface area contributed by atoms with E-state index in [0.29, 0.717) is 36.6 Å². The molecule has 3 heterocycles. The Bertz CT molecular complexity index is 1260. The van der Waals surface area contributed by atoms with Crippen molar-refractivity contribution in [3.63, 3.8) is 0 Å². The lowest BCUT2D eigenvalue weighted by Crippen LogP contribution is -2.41. The number of nitrogens with zero attached hydrogens (tertiary/aromatic N) is 2. The minimum absolute atomic E-state index is 0.599. The summed E-state index contributed by atoms with van der Waals surface area (Å²) in [5.74, 6) is 2.17. The van der Waals surface area contributed by atoms with Crippen LogP contribution in [-0.2, 0) is 12.0 Å². The highest BCUT2D eigenvalue weighted by Crippen LogP contribution is 2.42. The van der Waals surface area contributed by atoms with Crippen molar-refractivity contribution in [1.82, 2.24) is 9.88 Å². The molecule has 2 aliphatic heterocycles. The van der Waals surface area contributed by atoms with Crippen LogP contribution in [0.5, 0.6) is 17.4 Å². The first-order valence-electron chi connectivity index (χ1n) is 11.9. The summed E-state index contributed by atoms with van der Waals surface area (Å²) >= 11 is 6.02. The molecule has 1 saturated heterocycles. The number of aliphatic hydroxyl groups is 1. The molecule has 0 spiro atoms. The van der Waals surface area contributed by atoms with E-state index in [2.05, 4.69) is 22.5 Å². The Kier molecular flexibility index (Phi) is 6.54. The number of hydrogen-bond acceptors (Lipinski definition) is 5. The van der Waals surface area contributed by atoms with Gasteiger partial charge in [-0.3, -0.25) is 0 Å². The molecule has 35 heavy (non-hydrogen) atoms. The topological polar surface area (TPSA) is 54.8 Å². The Hall–Kier alpha value is -3.28. The van der Waals surface area contributed by atoms with Gasteiger partial charge in [0.2, 0.25) is 5.88 Å². The Morgan fingerprint density at radius 2 is 1.94 bits per heavy atom. The summed E-state index contributed by atoms with van der Waals surface area (Å²) in [6, 6.07) is 17.3. The number of fused-ring (bicyclic) bond motifs is 2. The molecule has 1 N–H and O–H groups in total. The minimum atomic E-state index is -0.830. The molecule has 5 rings (SSSR count). The number of rotatable bonds is 5. The molecule has 0 bridgehead atoms. The van der Waals surface area contributed by atoms with Gasteiger partial charge in [0.05, 0.1) is 12.7 Å². The first-order chi connectivity index (χ1) is 17.0. The molecule has 6 heteroatoms. The van der Waals surface area contributed by atoms with Crippen LogP contribution in [0.2, 0.25) is 5.02 Å². The molecule has 0 radical (unpaired) electrons. The number of halogens is 1. The van der Waals surface area contributed by atoms with Gasteiger partial charge in [0.25, 0.3) is 0 Å². The minimum Gasteiger partial charge on any atom is -0.496 e. The summed E-state index contributed by atoms with van der Waals surface area (Å²) in [6.07, 6.45) is 6.64. The Balaban J connectivity index is 1.32. The van der Waals surface area contributed by atoms with Crippen LogP contribution in [0.1, 0.15) is 36.0 Å². The van der Waals surface area contributed by atoms with Crippen LogP contribution in [-0.4, -0.2) is 35.2 Å². The number of pyridine rings is 1. The second-order valence-electron chi connectivity index (χ2n) is 9.10. The summed E-state index contributed by atoms with van der Waals surface area (Å²) in [6.45, 7) is 5.86. The van der Waals surface area contributed by atoms with Gasteiger partial charge in [0.15, 0.2) is 0 Å². The maximum Gasteiger partial charge on any atom is 0.226 e. The van der Waals surface area contributed by atoms with E-state index < -0.39 is 5.60 Å². The molecule has 5 nitrogen and oxygen atoms in total. The van der Waals surface area contributed by atoms with Gasteiger partial charge in [0.1, 0.15) is 11.5 Å². The van der Waals surface area contributed by atoms with Gasteiger partial charge < -0.3 is 19.5 Å². The molecule has 3 aromatic rings. The van der Waals surface area contributed by atoms with Crippen LogP contribution in [0, 0.1) is 0 Å². The SMILES string of the molecule is C=C(CC=C1Cc2c(OC)cccc2Oc2ncccc21)N1CCC(O)(c2ccc(Cl)cc2)CC1. The predicted octanol–water partition coefficient (Wildman–Crippen LogP) is 6.36. The van der Waals surface area contributed by atoms with Crippen LogP contribution >= 0.6 is 11.6 Å². The zero-order chi connectivity index (χ0) is 24.4. The van der Waals surface area contributed by atoms with Gasteiger partial charge in [-0.1, -0.05) is 42.5 Å². The average molecular weight is 489 g/mol. The van der Waals surface area contributed by atoms with Gasteiger partial charge in [-0.2, -0.15) is 0 Å². The lowest BCUT2D eigenvalue weighted by atomic mass is 9.84. The second kappa shape index (κ2) is 9.76. The molecule has 0 aliphatic carbocycles.